The average Bonchev–Trinajstić information content (AvgIpc) is 3.22. The first kappa shape index (κ1) is 18.5. The lowest BCUT2D eigenvalue weighted by molar-refractivity contribution is -0.144. The summed E-state index contributed by atoms with van der Waals surface area (Å²) >= 11 is 1.41. The molecule has 1 aromatic rings. The number of urea groups is 1. The zero-order chi connectivity index (χ0) is 18.8. The van der Waals surface area contributed by atoms with E-state index in [1.165, 1.54) is 11.3 Å². The largest absolute Gasteiger partial charge is 0.335 e. The molecule has 5 amide bonds. The highest BCUT2D eigenvalue weighted by molar-refractivity contribution is 7.12. The third-order valence-electron chi connectivity index (χ3n) is 4.42. The second-order valence-electron chi connectivity index (χ2n) is 6.85. The molecule has 0 bridgehead atoms. The van der Waals surface area contributed by atoms with E-state index in [-0.39, 0.29) is 25.0 Å². The van der Waals surface area contributed by atoms with Crippen LogP contribution in [0, 0.1) is 5.92 Å². The Labute approximate surface area is 155 Å². The molecule has 140 valence electrons. The molecule has 8 nitrogen and oxygen atoms in total. The summed E-state index contributed by atoms with van der Waals surface area (Å²) in [5.41, 5.74) is 0. The van der Waals surface area contributed by atoms with Crippen LogP contribution in [0.4, 0.5) is 4.79 Å². The van der Waals surface area contributed by atoms with Crippen molar-refractivity contribution in [2.24, 2.45) is 5.92 Å². The van der Waals surface area contributed by atoms with Crippen LogP contribution in [-0.4, -0.2) is 82.7 Å². The van der Waals surface area contributed by atoms with Crippen molar-refractivity contribution in [3.8, 4) is 0 Å². The van der Waals surface area contributed by atoms with Crippen LogP contribution in [0.3, 0.4) is 0 Å². The van der Waals surface area contributed by atoms with E-state index in [0.717, 1.165) is 9.80 Å². The summed E-state index contributed by atoms with van der Waals surface area (Å²) in [6.07, 6.45) is 0. The van der Waals surface area contributed by atoms with E-state index in [4.69, 9.17) is 0 Å². The zero-order valence-corrected chi connectivity index (χ0v) is 15.7. The van der Waals surface area contributed by atoms with Crippen LogP contribution in [0.1, 0.15) is 23.5 Å². The van der Waals surface area contributed by atoms with Gasteiger partial charge in [-0.05, 0) is 17.4 Å². The van der Waals surface area contributed by atoms with Crippen LogP contribution in [0.5, 0.6) is 0 Å². The lowest BCUT2D eigenvalue weighted by atomic mass is 10.2. The van der Waals surface area contributed by atoms with Crippen molar-refractivity contribution in [1.29, 1.82) is 0 Å². The van der Waals surface area contributed by atoms with E-state index < -0.39 is 17.8 Å². The Bertz CT molecular complexity index is 710. The van der Waals surface area contributed by atoms with Gasteiger partial charge >= 0.3 is 17.8 Å². The van der Waals surface area contributed by atoms with Crippen molar-refractivity contribution in [2.75, 3.05) is 39.4 Å². The molecule has 0 unspecified atom stereocenters. The summed E-state index contributed by atoms with van der Waals surface area (Å²) in [6, 6.07) is 3.10. The van der Waals surface area contributed by atoms with Gasteiger partial charge in [-0.3, -0.25) is 24.2 Å². The molecule has 2 aliphatic rings. The maximum Gasteiger partial charge on any atom is 0.335 e. The van der Waals surface area contributed by atoms with Crippen LogP contribution in [0.2, 0.25) is 0 Å². The van der Waals surface area contributed by atoms with E-state index in [0.29, 0.717) is 31.1 Å². The second kappa shape index (κ2) is 7.55. The fourth-order valence-electron chi connectivity index (χ4n) is 3.05. The first-order valence-corrected chi connectivity index (χ1v) is 9.49. The maximum atomic E-state index is 12.4. The Hall–Kier alpha value is -2.26. The highest BCUT2D eigenvalue weighted by atomic mass is 32.1. The lowest BCUT2D eigenvalue weighted by Crippen LogP contribution is -2.52. The van der Waals surface area contributed by atoms with Crippen molar-refractivity contribution in [3.05, 3.63) is 22.4 Å². The summed E-state index contributed by atoms with van der Waals surface area (Å²) in [5, 5.41) is 1.87. The quantitative estimate of drug-likeness (QED) is 0.562. The van der Waals surface area contributed by atoms with Crippen LogP contribution >= 0.6 is 11.3 Å². The number of hydrogen-bond acceptors (Lipinski definition) is 6. The molecule has 2 aliphatic heterocycles. The van der Waals surface area contributed by atoms with E-state index in [1.54, 1.807) is 11.0 Å². The van der Waals surface area contributed by atoms with Crippen LogP contribution in [-0.2, 0) is 9.59 Å². The van der Waals surface area contributed by atoms with Gasteiger partial charge < -0.3 is 4.90 Å². The fourth-order valence-corrected chi connectivity index (χ4v) is 3.74. The van der Waals surface area contributed by atoms with Gasteiger partial charge in [-0.2, -0.15) is 0 Å². The number of rotatable bonds is 5. The molecule has 2 saturated heterocycles. The van der Waals surface area contributed by atoms with Crippen molar-refractivity contribution in [2.45, 2.75) is 13.8 Å². The molecular weight excluding hydrogens is 356 g/mol. The number of nitrogens with zero attached hydrogens (tertiary/aromatic N) is 4. The normalized spacial score (nSPS) is 19.2. The molecule has 26 heavy (non-hydrogen) atoms. The molecule has 0 saturated carbocycles. The highest BCUT2D eigenvalue weighted by Crippen LogP contribution is 2.17. The van der Waals surface area contributed by atoms with Gasteiger partial charge in [0.15, 0.2) is 0 Å². The predicted octanol–water partition coefficient (Wildman–Crippen LogP) is 0.910. The summed E-state index contributed by atoms with van der Waals surface area (Å²) in [4.78, 5) is 55.3. The van der Waals surface area contributed by atoms with Crippen LogP contribution in [0.15, 0.2) is 17.5 Å². The summed E-state index contributed by atoms with van der Waals surface area (Å²) in [5.74, 6) is -1.42. The van der Waals surface area contributed by atoms with Crippen molar-refractivity contribution < 1.29 is 19.2 Å². The fraction of sp³-hybridized carbons (Fsp3) is 0.529. The van der Waals surface area contributed by atoms with Gasteiger partial charge in [0.1, 0.15) is 0 Å². The standard InChI is InChI=1S/C17H22N4O4S/c1-12(2)10-20-15(23)16(24)21(17(20)25)11-18-5-7-19(8-6-18)14(22)13-4-3-9-26-13/h3-4,9,12H,5-8,10-11H2,1-2H3. The molecule has 0 aromatic carbocycles. The van der Waals surface area contributed by atoms with E-state index in [1.807, 2.05) is 30.2 Å². The van der Waals surface area contributed by atoms with E-state index in [2.05, 4.69) is 0 Å². The summed E-state index contributed by atoms with van der Waals surface area (Å²) in [7, 11) is 0. The first-order valence-electron chi connectivity index (χ1n) is 8.61. The highest BCUT2D eigenvalue weighted by Gasteiger charge is 2.45. The Balaban J connectivity index is 1.56. The van der Waals surface area contributed by atoms with Gasteiger partial charge in [0, 0.05) is 32.7 Å². The Kier molecular flexibility index (Phi) is 5.38. The minimum Gasteiger partial charge on any atom is -0.335 e. The second-order valence-corrected chi connectivity index (χ2v) is 7.80. The molecule has 9 heteroatoms. The minimum absolute atomic E-state index is 0.00580. The van der Waals surface area contributed by atoms with Gasteiger partial charge in [-0.25, -0.2) is 9.69 Å². The number of amides is 5. The summed E-state index contributed by atoms with van der Waals surface area (Å²) in [6.45, 7) is 6.24. The van der Waals surface area contributed by atoms with Crippen LogP contribution < -0.4 is 0 Å². The molecule has 3 heterocycles. The SMILES string of the molecule is CC(C)CN1C(=O)C(=O)N(CN2CCN(C(=O)c3cccs3)CC2)C1=O. The smallest absolute Gasteiger partial charge is 0.335 e. The Morgan fingerprint density at radius 3 is 2.31 bits per heavy atom. The molecule has 2 fully saturated rings. The number of piperazine rings is 1. The Morgan fingerprint density at radius 2 is 1.73 bits per heavy atom. The van der Waals surface area contributed by atoms with Gasteiger partial charge in [0.05, 0.1) is 11.5 Å². The third kappa shape index (κ3) is 3.63. The van der Waals surface area contributed by atoms with Gasteiger partial charge in [0.2, 0.25) is 0 Å². The van der Waals surface area contributed by atoms with Crippen molar-refractivity contribution in [1.82, 2.24) is 19.6 Å². The summed E-state index contributed by atoms with van der Waals surface area (Å²) < 4.78 is 0. The topological polar surface area (TPSA) is 81.2 Å². The molecule has 3 rings (SSSR count). The average molecular weight is 378 g/mol. The lowest BCUT2D eigenvalue weighted by Gasteiger charge is -2.35. The monoisotopic (exact) mass is 378 g/mol. The van der Waals surface area contributed by atoms with Crippen LogP contribution in [0.25, 0.3) is 0 Å². The molecule has 0 aliphatic carbocycles. The third-order valence-corrected chi connectivity index (χ3v) is 5.27. The van der Waals surface area contributed by atoms with E-state index >= 15 is 0 Å². The molecule has 1 aromatic heterocycles. The van der Waals surface area contributed by atoms with Gasteiger partial charge in [0.25, 0.3) is 5.91 Å². The van der Waals surface area contributed by atoms with Gasteiger partial charge in [-0.15, -0.1) is 11.3 Å². The Morgan fingerprint density at radius 1 is 1.08 bits per heavy atom. The molecular formula is C17H22N4O4S. The minimum atomic E-state index is -0.771. The molecule has 0 atom stereocenters. The van der Waals surface area contributed by atoms with Crippen molar-refractivity contribution >= 4 is 35.1 Å². The number of thiophene rings is 1. The molecule has 0 radical (unpaired) electrons. The zero-order valence-electron chi connectivity index (χ0n) is 14.9. The number of imide groups is 2. The maximum absolute atomic E-state index is 12.4. The number of carbonyl (C=O) groups excluding carboxylic acids is 4. The number of carbonyl (C=O) groups is 4. The first-order chi connectivity index (χ1) is 12.4. The van der Waals surface area contributed by atoms with E-state index in [9.17, 15) is 19.2 Å². The molecule has 0 N–H and O–H groups in total. The van der Waals surface area contributed by atoms with Gasteiger partial charge in [-0.1, -0.05) is 19.9 Å². The predicted molar refractivity (Wildman–Crippen MR) is 95.5 cm³/mol. The molecule has 0 spiro atoms. The number of hydrogen-bond donors (Lipinski definition) is 0. The van der Waals surface area contributed by atoms with Crippen molar-refractivity contribution in [3.63, 3.8) is 0 Å².